The van der Waals surface area contributed by atoms with E-state index in [2.05, 4.69) is 16.0 Å². The molecular weight excluding hydrogens is 388 g/mol. The Morgan fingerprint density at radius 3 is 2.72 bits per heavy atom. The van der Waals surface area contributed by atoms with Gasteiger partial charge in [0.15, 0.2) is 0 Å². The molecule has 4 rings (SSSR count). The number of amides is 2. The van der Waals surface area contributed by atoms with Gasteiger partial charge in [0, 0.05) is 28.6 Å². The van der Waals surface area contributed by atoms with Crippen LogP contribution in [-0.4, -0.2) is 15.9 Å². The zero-order valence-electron chi connectivity index (χ0n) is 16.3. The van der Waals surface area contributed by atoms with Gasteiger partial charge in [0.05, 0.1) is 22.2 Å². The number of urea groups is 1. The minimum atomic E-state index is -0.606. The molecule has 2 aromatic rings. The Bertz CT molecular complexity index is 962. The van der Waals surface area contributed by atoms with Crippen molar-refractivity contribution < 1.29 is 9.72 Å². The molecule has 2 N–H and O–H groups in total. The number of allylic oxidation sites excluding steroid dienone is 1. The number of aromatic nitrogens is 1. The molecule has 1 aromatic carbocycles. The summed E-state index contributed by atoms with van der Waals surface area (Å²) < 4.78 is 0. The van der Waals surface area contributed by atoms with E-state index in [0.29, 0.717) is 17.9 Å². The second-order valence-corrected chi connectivity index (χ2v) is 8.36. The van der Waals surface area contributed by atoms with Gasteiger partial charge in [-0.1, -0.05) is 38.3 Å². The molecule has 8 heteroatoms. The fraction of sp³-hybridized carbons (Fsp3) is 0.429. The van der Waals surface area contributed by atoms with Crippen molar-refractivity contribution >= 4 is 28.6 Å². The molecular formula is C21H24N4O3S. The third-order valence-corrected chi connectivity index (χ3v) is 6.62. The molecule has 1 aliphatic carbocycles. The number of carbonyl (C=O) groups excluding carboxylic acids is 1. The normalized spacial score (nSPS) is 20.3. The van der Waals surface area contributed by atoms with Crippen LogP contribution in [0.4, 0.5) is 10.5 Å². The van der Waals surface area contributed by atoms with Gasteiger partial charge in [-0.15, -0.1) is 11.3 Å². The van der Waals surface area contributed by atoms with Crippen LogP contribution >= 0.6 is 11.3 Å². The molecule has 1 fully saturated rings. The largest absolute Gasteiger partial charge is 0.327 e. The molecule has 7 nitrogen and oxygen atoms in total. The summed E-state index contributed by atoms with van der Waals surface area (Å²) in [7, 11) is 0. The van der Waals surface area contributed by atoms with E-state index in [9.17, 15) is 14.9 Å². The van der Waals surface area contributed by atoms with E-state index in [-0.39, 0.29) is 11.7 Å². The van der Waals surface area contributed by atoms with E-state index in [1.165, 1.54) is 25.3 Å². The second kappa shape index (κ2) is 8.32. The van der Waals surface area contributed by atoms with E-state index in [4.69, 9.17) is 4.98 Å². The third kappa shape index (κ3) is 3.89. The summed E-state index contributed by atoms with van der Waals surface area (Å²) in [5.41, 5.74) is 3.17. The van der Waals surface area contributed by atoms with Crippen molar-refractivity contribution in [1.82, 2.24) is 15.6 Å². The molecule has 1 aromatic heterocycles. The maximum Gasteiger partial charge on any atom is 0.319 e. The fourth-order valence-electron chi connectivity index (χ4n) is 4.28. The minimum absolute atomic E-state index is 0.00304. The zero-order valence-corrected chi connectivity index (χ0v) is 17.1. The lowest BCUT2D eigenvalue weighted by molar-refractivity contribution is -0.385. The number of nitrogens with zero attached hydrogens (tertiary/aromatic N) is 2. The van der Waals surface area contributed by atoms with Crippen molar-refractivity contribution in [1.29, 1.82) is 0 Å². The Kier molecular flexibility index (Phi) is 5.62. The smallest absolute Gasteiger partial charge is 0.319 e. The van der Waals surface area contributed by atoms with Gasteiger partial charge in [-0.05, 0) is 25.3 Å². The van der Waals surface area contributed by atoms with E-state index >= 15 is 0 Å². The highest BCUT2D eigenvalue weighted by molar-refractivity contribution is 7.10. The number of nitro groups is 1. The standard InChI is InChI=1S/C21H24N4O3S/c1-2-15-18(20-22-16(12-29-20)13-8-4-3-5-9-13)19(24-21(26)23-15)14-10-6-7-11-17(14)25(27)28/h6-7,10-13,19H,2-5,8-9H2,1H3,(H2,23,24,26). The second-order valence-electron chi connectivity index (χ2n) is 7.51. The van der Waals surface area contributed by atoms with Crippen LogP contribution in [0, 0.1) is 10.1 Å². The molecule has 2 aliphatic rings. The van der Waals surface area contributed by atoms with Gasteiger partial charge in [-0.25, -0.2) is 9.78 Å². The van der Waals surface area contributed by atoms with Crippen LogP contribution in [0.1, 0.15) is 73.7 Å². The Hall–Kier alpha value is -2.74. The lowest BCUT2D eigenvalue weighted by Crippen LogP contribution is -2.43. The molecule has 2 heterocycles. The summed E-state index contributed by atoms with van der Waals surface area (Å²) >= 11 is 1.55. The average molecular weight is 413 g/mol. The number of carbonyl (C=O) groups is 1. The van der Waals surface area contributed by atoms with Gasteiger partial charge in [-0.3, -0.25) is 10.1 Å². The molecule has 0 saturated heterocycles. The van der Waals surface area contributed by atoms with Crippen LogP contribution in [0.25, 0.3) is 5.57 Å². The average Bonchev–Trinajstić information content (AvgIpc) is 3.23. The summed E-state index contributed by atoms with van der Waals surface area (Å²) in [6.45, 7) is 1.97. The van der Waals surface area contributed by atoms with Gasteiger partial charge >= 0.3 is 6.03 Å². The van der Waals surface area contributed by atoms with Gasteiger partial charge in [0.1, 0.15) is 5.01 Å². The van der Waals surface area contributed by atoms with E-state index < -0.39 is 11.0 Å². The number of nitrogens with one attached hydrogen (secondary N) is 2. The first-order valence-electron chi connectivity index (χ1n) is 10.1. The highest BCUT2D eigenvalue weighted by Crippen LogP contribution is 2.41. The Morgan fingerprint density at radius 2 is 2.00 bits per heavy atom. The van der Waals surface area contributed by atoms with Gasteiger partial charge in [-0.2, -0.15) is 0 Å². The predicted molar refractivity (Wildman–Crippen MR) is 113 cm³/mol. The molecule has 152 valence electrons. The van der Waals surface area contributed by atoms with Gasteiger partial charge in [0.25, 0.3) is 5.69 Å². The van der Waals surface area contributed by atoms with E-state index in [0.717, 1.165) is 34.8 Å². The van der Waals surface area contributed by atoms with Crippen molar-refractivity contribution in [2.75, 3.05) is 0 Å². The maximum absolute atomic E-state index is 12.3. The predicted octanol–water partition coefficient (Wildman–Crippen LogP) is 5.27. The van der Waals surface area contributed by atoms with Gasteiger partial charge in [0.2, 0.25) is 0 Å². The summed E-state index contributed by atoms with van der Waals surface area (Å²) in [5, 5.41) is 20.3. The first-order valence-corrected chi connectivity index (χ1v) is 11.0. The number of benzene rings is 1. The summed E-state index contributed by atoms with van der Waals surface area (Å²) in [6, 6.07) is 5.62. The Balaban J connectivity index is 1.78. The minimum Gasteiger partial charge on any atom is -0.327 e. The summed E-state index contributed by atoms with van der Waals surface area (Å²) in [5.74, 6) is 0.482. The van der Waals surface area contributed by atoms with Crippen molar-refractivity contribution in [3.63, 3.8) is 0 Å². The lowest BCUT2D eigenvalue weighted by atomic mass is 9.87. The van der Waals surface area contributed by atoms with Crippen LogP contribution in [-0.2, 0) is 0 Å². The van der Waals surface area contributed by atoms with Crippen LogP contribution in [0.3, 0.4) is 0 Å². The first-order chi connectivity index (χ1) is 14.1. The van der Waals surface area contributed by atoms with Crippen molar-refractivity contribution in [3.05, 3.63) is 61.7 Å². The fourth-order valence-corrected chi connectivity index (χ4v) is 5.28. The topological polar surface area (TPSA) is 97.2 Å². The van der Waals surface area contributed by atoms with E-state index in [1.807, 2.05) is 6.92 Å². The molecule has 0 spiro atoms. The highest BCUT2D eigenvalue weighted by Gasteiger charge is 2.34. The zero-order chi connectivity index (χ0) is 20.4. The Labute approximate surface area is 173 Å². The number of para-hydroxylation sites is 1. The molecule has 1 atom stereocenters. The van der Waals surface area contributed by atoms with Crippen molar-refractivity contribution in [2.24, 2.45) is 0 Å². The molecule has 1 unspecified atom stereocenters. The number of hydrogen-bond donors (Lipinski definition) is 2. The number of thiazole rings is 1. The molecule has 1 saturated carbocycles. The van der Waals surface area contributed by atoms with Gasteiger partial charge < -0.3 is 10.6 Å². The quantitative estimate of drug-likeness (QED) is 0.516. The lowest BCUT2D eigenvalue weighted by Gasteiger charge is -2.29. The van der Waals surface area contributed by atoms with Crippen LogP contribution in [0.2, 0.25) is 0 Å². The molecule has 2 amide bonds. The molecule has 0 radical (unpaired) electrons. The molecule has 29 heavy (non-hydrogen) atoms. The first kappa shape index (κ1) is 19.6. The van der Waals surface area contributed by atoms with Crippen molar-refractivity contribution in [3.8, 4) is 0 Å². The number of rotatable bonds is 5. The van der Waals surface area contributed by atoms with Crippen molar-refractivity contribution in [2.45, 2.75) is 57.4 Å². The summed E-state index contributed by atoms with van der Waals surface area (Å²) in [4.78, 5) is 28.4. The SMILES string of the molecule is CCC1=C(c2nc(C3CCCCC3)cs2)C(c2ccccc2[N+](=O)[O-])NC(=O)N1. The Morgan fingerprint density at radius 1 is 1.24 bits per heavy atom. The van der Waals surface area contributed by atoms with E-state index in [1.54, 1.807) is 29.5 Å². The highest BCUT2D eigenvalue weighted by atomic mass is 32.1. The monoisotopic (exact) mass is 412 g/mol. The van der Waals surface area contributed by atoms with Crippen LogP contribution in [0.5, 0.6) is 0 Å². The van der Waals surface area contributed by atoms with Crippen LogP contribution in [0.15, 0.2) is 35.3 Å². The molecule has 1 aliphatic heterocycles. The summed E-state index contributed by atoms with van der Waals surface area (Å²) in [6.07, 6.45) is 6.68. The number of nitro benzene ring substituents is 1. The number of hydrogen-bond acceptors (Lipinski definition) is 5. The molecule has 0 bridgehead atoms. The van der Waals surface area contributed by atoms with Crippen LogP contribution < -0.4 is 10.6 Å². The maximum atomic E-state index is 12.3. The third-order valence-electron chi connectivity index (χ3n) is 5.73.